The van der Waals surface area contributed by atoms with E-state index in [-0.39, 0.29) is 17.1 Å². The number of nitrogens with zero attached hydrogens (tertiary/aromatic N) is 2. The number of hydrogen-bond donors (Lipinski definition) is 0. The fourth-order valence-electron chi connectivity index (χ4n) is 1.85. The molecule has 6 nitrogen and oxygen atoms in total. The fourth-order valence-corrected chi connectivity index (χ4v) is 1.85. The molecule has 6 heteroatoms. The smallest absolute Gasteiger partial charge is 0.270 e. The molecule has 0 radical (unpaired) electrons. The van der Waals surface area contributed by atoms with Gasteiger partial charge in [0.1, 0.15) is 5.52 Å². The van der Waals surface area contributed by atoms with Crippen molar-refractivity contribution >= 4 is 22.6 Å². The molecule has 1 heterocycles. The van der Waals surface area contributed by atoms with Crippen molar-refractivity contribution in [2.24, 2.45) is 0 Å². The van der Waals surface area contributed by atoms with E-state index in [0.717, 1.165) is 0 Å². The van der Waals surface area contributed by atoms with Gasteiger partial charge in [-0.3, -0.25) is 14.9 Å². The average Bonchev–Trinajstić information content (AvgIpc) is 2.90. The summed E-state index contributed by atoms with van der Waals surface area (Å²) in [4.78, 5) is 26.4. The van der Waals surface area contributed by atoms with Crippen molar-refractivity contribution in [2.45, 2.75) is 0 Å². The van der Waals surface area contributed by atoms with Crippen molar-refractivity contribution in [1.82, 2.24) is 4.98 Å². The van der Waals surface area contributed by atoms with Crippen LogP contribution in [-0.2, 0) is 0 Å². The third-order valence-electron chi connectivity index (χ3n) is 2.81. The molecule has 2 aromatic carbocycles. The second-order valence-corrected chi connectivity index (χ2v) is 4.12. The van der Waals surface area contributed by atoms with E-state index in [1.807, 2.05) is 0 Å². The standard InChI is InChI=1S/C14H8N2O4/c17-13(9-4-3-5-10(8-9)16(18)19)14-15-11-6-1-2-7-12(11)20-14/h1-8H. The number of rotatable bonds is 3. The summed E-state index contributed by atoms with van der Waals surface area (Å²) in [5.41, 5.74) is 1.10. The Bertz CT molecular complexity index is 790. The summed E-state index contributed by atoms with van der Waals surface area (Å²) in [6.45, 7) is 0. The maximum Gasteiger partial charge on any atom is 0.270 e. The molecule has 0 saturated heterocycles. The predicted octanol–water partition coefficient (Wildman–Crippen LogP) is 2.97. The lowest BCUT2D eigenvalue weighted by Gasteiger charge is -1.96. The minimum absolute atomic E-state index is 0.0771. The van der Waals surface area contributed by atoms with Gasteiger partial charge in [-0.15, -0.1) is 0 Å². The molecule has 3 rings (SSSR count). The number of benzene rings is 2. The molecule has 0 bridgehead atoms. The van der Waals surface area contributed by atoms with Gasteiger partial charge in [0.2, 0.25) is 5.78 Å². The number of hydrogen-bond acceptors (Lipinski definition) is 5. The second kappa shape index (κ2) is 4.58. The number of nitro benzene ring substituents is 1. The largest absolute Gasteiger partial charge is 0.433 e. The van der Waals surface area contributed by atoms with Gasteiger partial charge >= 0.3 is 0 Å². The SMILES string of the molecule is O=C(c1cccc([N+](=O)[O-])c1)c1nc2ccccc2o1. The zero-order valence-corrected chi connectivity index (χ0v) is 10.1. The Kier molecular flexibility index (Phi) is 2.76. The summed E-state index contributed by atoms with van der Waals surface area (Å²) in [5, 5.41) is 10.7. The molecule has 0 N–H and O–H groups in total. The number of aromatic nitrogens is 1. The molecule has 1 aromatic heterocycles. The van der Waals surface area contributed by atoms with E-state index < -0.39 is 10.7 Å². The van der Waals surface area contributed by atoms with E-state index in [0.29, 0.717) is 11.1 Å². The zero-order chi connectivity index (χ0) is 14.1. The minimum Gasteiger partial charge on any atom is -0.433 e. The maximum atomic E-state index is 12.2. The Morgan fingerprint density at radius 1 is 1.15 bits per heavy atom. The molecule has 0 amide bonds. The van der Waals surface area contributed by atoms with Crippen LogP contribution < -0.4 is 0 Å². The second-order valence-electron chi connectivity index (χ2n) is 4.12. The molecule has 0 saturated carbocycles. The van der Waals surface area contributed by atoms with Gasteiger partial charge in [-0.1, -0.05) is 24.3 Å². The maximum absolute atomic E-state index is 12.2. The first kappa shape index (κ1) is 12.0. The van der Waals surface area contributed by atoms with E-state index in [4.69, 9.17) is 4.42 Å². The third kappa shape index (κ3) is 2.03. The highest BCUT2D eigenvalue weighted by atomic mass is 16.6. The topological polar surface area (TPSA) is 86.2 Å². The van der Waals surface area contributed by atoms with Crippen molar-refractivity contribution in [1.29, 1.82) is 0 Å². The van der Waals surface area contributed by atoms with Crippen molar-refractivity contribution in [2.75, 3.05) is 0 Å². The van der Waals surface area contributed by atoms with Gasteiger partial charge in [-0.25, -0.2) is 4.98 Å². The summed E-state index contributed by atoms with van der Waals surface area (Å²) in [7, 11) is 0. The zero-order valence-electron chi connectivity index (χ0n) is 10.1. The monoisotopic (exact) mass is 268 g/mol. The minimum atomic E-state index is -0.553. The van der Waals surface area contributed by atoms with E-state index in [9.17, 15) is 14.9 Å². The number of carbonyl (C=O) groups excluding carboxylic acids is 1. The van der Waals surface area contributed by atoms with Crippen molar-refractivity contribution in [3.05, 3.63) is 70.1 Å². The highest BCUT2D eigenvalue weighted by molar-refractivity contribution is 6.07. The molecular formula is C14H8N2O4. The molecule has 0 spiro atoms. The normalized spacial score (nSPS) is 10.6. The molecule has 0 unspecified atom stereocenters. The lowest BCUT2D eigenvalue weighted by molar-refractivity contribution is -0.384. The van der Waals surface area contributed by atoms with Gasteiger partial charge in [0.15, 0.2) is 5.58 Å². The Morgan fingerprint density at radius 2 is 1.95 bits per heavy atom. The number of non-ortho nitro benzene ring substituents is 1. The van der Waals surface area contributed by atoms with Gasteiger partial charge < -0.3 is 4.42 Å². The summed E-state index contributed by atoms with van der Waals surface area (Å²) >= 11 is 0. The van der Waals surface area contributed by atoms with Gasteiger partial charge in [0.25, 0.3) is 11.6 Å². The molecule has 0 atom stereocenters. The quantitative estimate of drug-likeness (QED) is 0.414. The number of fused-ring (bicyclic) bond motifs is 1. The van der Waals surface area contributed by atoms with E-state index in [1.165, 1.54) is 24.3 Å². The van der Waals surface area contributed by atoms with Crippen LogP contribution in [0.1, 0.15) is 16.2 Å². The lowest BCUT2D eigenvalue weighted by atomic mass is 10.1. The highest BCUT2D eigenvalue weighted by Crippen LogP contribution is 2.19. The van der Waals surface area contributed by atoms with Crippen LogP contribution in [0.5, 0.6) is 0 Å². The Hall–Kier alpha value is -3.02. The number of nitro groups is 1. The fraction of sp³-hybridized carbons (Fsp3) is 0. The van der Waals surface area contributed by atoms with Crippen LogP contribution in [-0.4, -0.2) is 15.7 Å². The van der Waals surface area contributed by atoms with Crippen LogP contribution in [0.3, 0.4) is 0 Å². The number of carbonyl (C=O) groups is 1. The van der Waals surface area contributed by atoms with Gasteiger partial charge in [0.05, 0.1) is 4.92 Å². The summed E-state index contributed by atoms with van der Waals surface area (Å²) in [6.07, 6.45) is 0. The van der Waals surface area contributed by atoms with Gasteiger partial charge in [0, 0.05) is 17.7 Å². The molecule has 0 aliphatic carbocycles. The van der Waals surface area contributed by atoms with Crippen molar-refractivity contribution in [3.8, 4) is 0 Å². The third-order valence-corrected chi connectivity index (χ3v) is 2.81. The number of ketones is 1. The number of para-hydroxylation sites is 2. The molecule has 0 aliphatic rings. The summed E-state index contributed by atoms with van der Waals surface area (Å²) < 4.78 is 5.35. The van der Waals surface area contributed by atoms with Crippen LogP contribution in [0, 0.1) is 10.1 Å². The molecule has 0 aliphatic heterocycles. The van der Waals surface area contributed by atoms with Crippen LogP contribution >= 0.6 is 0 Å². The first-order valence-electron chi connectivity index (χ1n) is 5.80. The van der Waals surface area contributed by atoms with Crippen LogP contribution in [0.4, 0.5) is 5.69 Å². The van der Waals surface area contributed by atoms with Gasteiger partial charge in [-0.2, -0.15) is 0 Å². The Morgan fingerprint density at radius 3 is 2.70 bits per heavy atom. The van der Waals surface area contributed by atoms with Crippen molar-refractivity contribution < 1.29 is 14.1 Å². The van der Waals surface area contributed by atoms with E-state index in [1.54, 1.807) is 24.3 Å². The van der Waals surface area contributed by atoms with Crippen LogP contribution in [0.2, 0.25) is 0 Å². The predicted molar refractivity (Wildman–Crippen MR) is 70.5 cm³/mol. The molecule has 98 valence electrons. The highest BCUT2D eigenvalue weighted by Gasteiger charge is 2.18. The first-order chi connectivity index (χ1) is 9.65. The van der Waals surface area contributed by atoms with Crippen LogP contribution in [0.15, 0.2) is 52.9 Å². The average molecular weight is 268 g/mol. The number of oxazole rings is 1. The lowest BCUT2D eigenvalue weighted by Crippen LogP contribution is -2.02. The molecular weight excluding hydrogens is 260 g/mol. The van der Waals surface area contributed by atoms with E-state index >= 15 is 0 Å². The van der Waals surface area contributed by atoms with Gasteiger partial charge in [-0.05, 0) is 12.1 Å². The Labute approximate surface area is 112 Å². The first-order valence-corrected chi connectivity index (χ1v) is 5.80. The molecule has 0 fully saturated rings. The summed E-state index contributed by atoms with van der Waals surface area (Å²) in [6, 6.07) is 12.5. The van der Waals surface area contributed by atoms with E-state index in [2.05, 4.69) is 4.98 Å². The van der Waals surface area contributed by atoms with Crippen LogP contribution in [0.25, 0.3) is 11.1 Å². The summed E-state index contributed by atoms with van der Waals surface area (Å²) in [5.74, 6) is -0.559. The molecule has 20 heavy (non-hydrogen) atoms. The van der Waals surface area contributed by atoms with Crippen molar-refractivity contribution in [3.63, 3.8) is 0 Å². The Balaban J connectivity index is 2.03. The molecule has 3 aromatic rings.